The van der Waals surface area contributed by atoms with Gasteiger partial charge in [-0.05, 0) is 26.8 Å². The predicted octanol–water partition coefficient (Wildman–Crippen LogP) is 2.65. The maximum absolute atomic E-state index is 12.0. The third kappa shape index (κ3) is 3.20. The van der Waals surface area contributed by atoms with E-state index in [0.717, 1.165) is 0 Å². The Bertz CT molecular complexity index is 486. The number of para-hydroxylation sites is 1. The van der Waals surface area contributed by atoms with Gasteiger partial charge in [0.05, 0.1) is 4.92 Å². The molecule has 0 unspecified atom stereocenters. The van der Waals surface area contributed by atoms with Gasteiger partial charge in [-0.25, -0.2) is 0 Å². The van der Waals surface area contributed by atoms with E-state index in [0.29, 0.717) is 5.56 Å². The third-order valence-electron chi connectivity index (χ3n) is 2.45. The molecule has 6 heteroatoms. The molecular weight excluding hydrogens is 256 g/mol. The molecule has 1 rings (SSSR count). The second kappa shape index (κ2) is 5.35. The standard InChI is InChI=1S/C12H15ClN2O3/c1-8-5-4-6-9(10(8)15(17)18)11(16)14-12(2,3)7-13/h4-6H,7H2,1-3H3,(H,14,16). The van der Waals surface area contributed by atoms with Crippen molar-refractivity contribution < 1.29 is 9.72 Å². The topological polar surface area (TPSA) is 72.2 Å². The number of carbonyl (C=O) groups is 1. The predicted molar refractivity (Wildman–Crippen MR) is 70.1 cm³/mol. The van der Waals surface area contributed by atoms with Gasteiger partial charge in [0, 0.05) is 17.0 Å². The number of benzene rings is 1. The minimum atomic E-state index is -0.615. The van der Waals surface area contributed by atoms with E-state index in [1.54, 1.807) is 32.9 Å². The van der Waals surface area contributed by atoms with E-state index >= 15 is 0 Å². The van der Waals surface area contributed by atoms with Crippen molar-refractivity contribution in [3.63, 3.8) is 0 Å². The number of nitrogens with zero attached hydrogens (tertiary/aromatic N) is 1. The summed E-state index contributed by atoms with van der Waals surface area (Å²) in [5.74, 6) is -0.269. The normalized spacial score (nSPS) is 11.1. The van der Waals surface area contributed by atoms with Crippen LogP contribution < -0.4 is 5.32 Å². The summed E-state index contributed by atoms with van der Waals surface area (Å²) in [4.78, 5) is 22.5. The van der Waals surface area contributed by atoms with Crippen LogP contribution in [0.5, 0.6) is 0 Å². The van der Waals surface area contributed by atoms with Gasteiger partial charge < -0.3 is 5.32 Å². The molecule has 1 aromatic rings. The minimum Gasteiger partial charge on any atom is -0.346 e. The third-order valence-corrected chi connectivity index (χ3v) is 3.12. The highest BCUT2D eigenvalue weighted by atomic mass is 35.5. The summed E-state index contributed by atoms with van der Waals surface area (Å²) in [5, 5.41) is 13.7. The van der Waals surface area contributed by atoms with Gasteiger partial charge in [-0.15, -0.1) is 11.6 Å². The zero-order chi connectivity index (χ0) is 13.9. The first-order valence-electron chi connectivity index (χ1n) is 5.41. The summed E-state index contributed by atoms with van der Waals surface area (Å²) in [7, 11) is 0. The van der Waals surface area contributed by atoms with Gasteiger partial charge in [0.15, 0.2) is 0 Å². The molecule has 1 N–H and O–H groups in total. The fourth-order valence-electron chi connectivity index (χ4n) is 1.49. The number of nitro groups is 1. The Morgan fingerprint density at radius 3 is 2.61 bits per heavy atom. The van der Waals surface area contributed by atoms with E-state index in [-0.39, 0.29) is 17.1 Å². The first kappa shape index (κ1) is 14.4. The van der Waals surface area contributed by atoms with Gasteiger partial charge in [0.25, 0.3) is 11.6 Å². The van der Waals surface area contributed by atoms with Gasteiger partial charge >= 0.3 is 0 Å². The lowest BCUT2D eigenvalue weighted by molar-refractivity contribution is -0.385. The largest absolute Gasteiger partial charge is 0.346 e. The van der Waals surface area contributed by atoms with Crippen LogP contribution in [0.25, 0.3) is 0 Å². The van der Waals surface area contributed by atoms with Crippen molar-refractivity contribution in [2.24, 2.45) is 0 Å². The molecule has 0 spiro atoms. The molecule has 98 valence electrons. The maximum atomic E-state index is 12.0. The maximum Gasteiger partial charge on any atom is 0.285 e. The van der Waals surface area contributed by atoms with Crippen molar-refractivity contribution in [2.75, 3.05) is 5.88 Å². The molecule has 0 saturated carbocycles. The number of carbonyl (C=O) groups excluding carboxylic acids is 1. The highest BCUT2D eigenvalue weighted by Crippen LogP contribution is 2.23. The Hall–Kier alpha value is -1.62. The lowest BCUT2D eigenvalue weighted by atomic mass is 10.0. The monoisotopic (exact) mass is 270 g/mol. The molecule has 0 radical (unpaired) electrons. The van der Waals surface area contributed by atoms with E-state index in [9.17, 15) is 14.9 Å². The summed E-state index contributed by atoms with van der Waals surface area (Å²) < 4.78 is 0. The first-order valence-corrected chi connectivity index (χ1v) is 5.94. The van der Waals surface area contributed by atoms with Crippen molar-refractivity contribution in [1.29, 1.82) is 0 Å². The van der Waals surface area contributed by atoms with Crippen LogP contribution >= 0.6 is 11.6 Å². The van der Waals surface area contributed by atoms with Crippen LogP contribution in [0.3, 0.4) is 0 Å². The minimum absolute atomic E-state index is 0.0539. The first-order chi connectivity index (χ1) is 8.28. The second-order valence-corrected chi connectivity index (χ2v) is 4.97. The van der Waals surface area contributed by atoms with E-state index in [1.807, 2.05) is 0 Å². The van der Waals surface area contributed by atoms with Crippen LogP contribution in [0.1, 0.15) is 29.8 Å². The quantitative estimate of drug-likeness (QED) is 0.519. The van der Waals surface area contributed by atoms with Gasteiger partial charge in [-0.2, -0.15) is 0 Å². The molecule has 0 aromatic heterocycles. The number of hydrogen-bond acceptors (Lipinski definition) is 3. The molecule has 0 aliphatic heterocycles. The number of hydrogen-bond donors (Lipinski definition) is 1. The van der Waals surface area contributed by atoms with Gasteiger partial charge in [0.1, 0.15) is 5.56 Å². The number of amides is 1. The van der Waals surface area contributed by atoms with Crippen LogP contribution in [0.15, 0.2) is 18.2 Å². The summed E-state index contributed by atoms with van der Waals surface area (Å²) in [6.45, 7) is 5.10. The Balaban J connectivity index is 3.14. The van der Waals surface area contributed by atoms with E-state index < -0.39 is 16.4 Å². The van der Waals surface area contributed by atoms with E-state index in [2.05, 4.69) is 5.32 Å². The fourth-order valence-corrected chi connectivity index (χ4v) is 1.56. The molecule has 0 saturated heterocycles. The molecule has 0 aliphatic carbocycles. The van der Waals surface area contributed by atoms with E-state index in [4.69, 9.17) is 11.6 Å². The average Bonchev–Trinajstić information content (AvgIpc) is 2.27. The van der Waals surface area contributed by atoms with Crippen LogP contribution in [0, 0.1) is 17.0 Å². The van der Waals surface area contributed by atoms with Crippen LogP contribution in [0.2, 0.25) is 0 Å². The molecule has 0 atom stereocenters. The lowest BCUT2D eigenvalue weighted by Gasteiger charge is -2.23. The number of nitrogens with one attached hydrogen (secondary N) is 1. The summed E-state index contributed by atoms with van der Waals surface area (Å²) in [6, 6.07) is 4.65. The molecular formula is C12H15ClN2O3. The number of nitro benzene ring substituents is 1. The van der Waals surface area contributed by atoms with Crippen LogP contribution in [-0.2, 0) is 0 Å². The Labute approximate surface area is 110 Å². The molecule has 0 aliphatic rings. The van der Waals surface area contributed by atoms with Crippen molar-refractivity contribution >= 4 is 23.2 Å². The summed E-state index contributed by atoms with van der Waals surface area (Å²) >= 11 is 5.71. The Morgan fingerprint density at radius 2 is 2.11 bits per heavy atom. The van der Waals surface area contributed by atoms with Gasteiger partial charge in [0.2, 0.25) is 0 Å². The smallest absolute Gasteiger partial charge is 0.285 e. The number of aryl methyl sites for hydroxylation is 1. The molecule has 0 fully saturated rings. The van der Waals surface area contributed by atoms with Gasteiger partial charge in [-0.1, -0.05) is 12.1 Å². The summed E-state index contributed by atoms with van der Waals surface area (Å²) in [5.41, 5.74) is -0.272. The number of rotatable bonds is 4. The van der Waals surface area contributed by atoms with Crippen molar-refractivity contribution in [3.05, 3.63) is 39.4 Å². The zero-order valence-corrected chi connectivity index (χ0v) is 11.2. The van der Waals surface area contributed by atoms with Crippen molar-refractivity contribution in [3.8, 4) is 0 Å². The molecule has 0 bridgehead atoms. The Kier molecular flexibility index (Phi) is 4.29. The van der Waals surface area contributed by atoms with Crippen molar-refractivity contribution in [2.45, 2.75) is 26.3 Å². The molecule has 1 amide bonds. The second-order valence-electron chi connectivity index (χ2n) is 4.70. The molecule has 0 heterocycles. The van der Waals surface area contributed by atoms with Crippen molar-refractivity contribution in [1.82, 2.24) is 5.32 Å². The molecule has 1 aromatic carbocycles. The Morgan fingerprint density at radius 1 is 1.50 bits per heavy atom. The zero-order valence-electron chi connectivity index (χ0n) is 10.5. The number of halogens is 1. The lowest BCUT2D eigenvalue weighted by Crippen LogP contribution is -2.45. The summed E-state index contributed by atoms with van der Waals surface area (Å²) in [6.07, 6.45) is 0. The number of alkyl halides is 1. The molecule has 5 nitrogen and oxygen atoms in total. The van der Waals surface area contributed by atoms with Gasteiger partial charge in [-0.3, -0.25) is 14.9 Å². The van der Waals surface area contributed by atoms with Crippen LogP contribution in [0.4, 0.5) is 5.69 Å². The van der Waals surface area contributed by atoms with E-state index in [1.165, 1.54) is 6.07 Å². The highest BCUT2D eigenvalue weighted by molar-refractivity contribution is 6.18. The highest BCUT2D eigenvalue weighted by Gasteiger charge is 2.26. The fraction of sp³-hybridized carbons (Fsp3) is 0.417. The van der Waals surface area contributed by atoms with Crippen LogP contribution in [-0.4, -0.2) is 22.2 Å². The SMILES string of the molecule is Cc1cccc(C(=O)NC(C)(C)CCl)c1[N+](=O)[O-]. The average molecular weight is 271 g/mol. The molecule has 18 heavy (non-hydrogen) atoms.